The first-order valence-corrected chi connectivity index (χ1v) is 9.63. The fraction of sp³-hybridized carbons (Fsp3) is 0.368. The van der Waals surface area contributed by atoms with Crippen molar-refractivity contribution in [2.45, 2.75) is 39.3 Å². The summed E-state index contributed by atoms with van der Waals surface area (Å²) < 4.78 is 1.59. The van der Waals surface area contributed by atoms with Gasteiger partial charge in [0.2, 0.25) is 0 Å². The molecule has 3 aromatic heterocycles. The van der Waals surface area contributed by atoms with E-state index in [0.717, 1.165) is 41.5 Å². The molecule has 1 saturated heterocycles. The zero-order valence-corrected chi connectivity index (χ0v) is 15.7. The highest BCUT2D eigenvalue weighted by atomic mass is 32.1. The van der Waals surface area contributed by atoms with Gasteiger partial charge in [-0.25, -0.2) is 9.67 Å². The average molecular weight is 367 g/mol. The van der Waals surface area contributed by atoms with Crippen LogP contribution in [0, 0.1) is 13.8 Å². The molecule has 4 heterocycles. The Morgan fingerprint density at radius 2 is 2.00 bits per heavy atom. The van der Waals surface area contributed by atoms with Gasteiger partial charge in [-0.3, -0.25) is 9.78 Å². The number of aryl methyl sites for hydroxylation is 2. The number of thiazole rings is 1. The second-order valence-electron chi connectivity index (χ2n) is 6.60. The molecule has 1 fully saturated rings. The molecule has 134 valence electrons. The first kappa shape index (κ1) is 16.9. The van der Waals surface area contributed by atoms with E-state index in [4.69, 9.17) is 4.98 Å². The lowest BCUT2D eigenvalue weighted by Crippen LogP contribution is -2.37. The maximum absolute atomic E-state index is 12.3. The van der Waals surface area contributed by atoms with Crippen LogP contribution in [-0.4, -0.2) is 32.3 Å². The van der Waals surface area contributed by atoms with Crippen LogP contribution in [0.1, 0.15) is 23.4 Å². The second kappa shape index (κ2) is 6.99. The third-order valence-electron chi connectivity index (χ3n) is 4.87. The molecule has 1 aliphatic rings. The molecule has 4 rings (SSSR count). The number of aromatic nitrogens is 4. The van der Waals surface area contributed by atoms with Crippen molar-refractivity contribution in [2.24, 2.45) is 0 Å². The molecule has 0 aliphatic carbocycles. The third-order valence-corrected chi connectivity index (χ3v) is 5.98. The van der Waals surface area contributed by atoms with Crippen LogP contribution in [0.15, 0.2) is 41.5 Å². The van der Waals surface area contributed by atoms with Gasteiger partial charge in [-0.15, -0.1) is 11.3 Å². The van der Waals surface area contributed by atoms with Gasteiger partial charge in [-0.1, -0.05) is 0 Å². The molecule has 0 bridgehead atoms. The zero-order valence-electron chi connectivity index (χ0n) is 14.9. The van der Waals surface area contributed by atoms with Gasteiger partial charge in [0.1, 0.15) is 0 Å². The lowest BCUT2D eigenvalue weighted by Gasteiger charge is -2.24. The summed E-state index contributed by atoms with van der Waals surface area (Å²) in [5.74, 6) is 0. The minimum absolute atomic E-state index is 0.0684. The van der Waals surface area contributed by atoms with Crippen molar-refractivity contribution in [1.29, 1.82) is 0 Å². The first-order valence-electron chi connectivity index (χ1n) is 8.81. The molecule has 0 radical (unpaired) electrons. The van der Waals surface area contributed by atoms with E-state index in [2.05, 4.69) is 21.9 Å². The van der Waals surface area contributed by atoms with Crippen molar-refractivity contribution in [2.75, 3.05) is 11.4 Å². The molecule has 1 unspecified atom stereocenters. The Hall–Kier alpha value is -2.54. The summed E-state index contributed by atoms with van der Waals surface area (Å²) in [4.78, 5) is 24.7. The summed E-state index contributed by atoms with van der Waals surface area (Å²) in [6.07, 6.45) is 5.63. The van der Waals surface area contributed by atoms with Gasteiger partial charge in [0.05, 0.1) is 24.0 Å². The van der Waals surface area contributed by atoms with E-state index in [-0.39, 0.29) is 11.6 Å². The van der Waals surface area contributed by atoms with Crippen LogP contribution in [0.2, 0.25) is 0 Å². The first-order chi connectivity index (χ1) is 12.6. The highest BCUT2D eigenvalue weighted by Gasteiger charge is 2.28. The third kappa shape index (κ3) is 3.26. The summed E-state index contributed by atoms with van der Waals surface area (Å²) in [6, 6.07) is 7.42. The van der Waals surface area contributed by atoms with Crippen LogP contribution < -0.4 is 10.5 Å². The number of hydrogen-bond donors (Lipinski definition) is 0. The van der Waals surface area contributed by atoms with E-state index < -0.39 is 0 Å². The monoisotopic (exact) mass is 367 g/mol. The van der Waals surface area contributed by atoms with E-state index in [9.17, 15) is 4.79 Å². The van der Waals surface area contributed by atoms with E-state index in [1.54, 1.807) is 40.5 Å². The van der Waals surface area contributed by atoms with Crippen molar-refractivity contribution in [3.8, 4) is 11.3 Å². The summed E-state index contributed by atoms with van der Waals surface area (Å²) in [7, 11) is 0. The van der Waals surface area contributed by atoms with Crippen LogP contribution in [0.3, 0.4) is 0 Å². The minimum Gasteiger partial charge on any atom is -0.343 e. The Balaban J connectivity index is 1.61. The molecule has 0 aromatic carbocycles. The van der Waals surface area contributed by atoms with Gasteiger partial charge >= 0.3 is 0 Å². The van der Waals surface area contributed by atoms with Gasteiger partial charge in [-0.05, 0) is 44.9 Å². The average Bonchev–Trinajstić information content (AvgIpc) is 3.24. The number of nitrogens with zero attached hydrogens (tertiary/aromatic N) is 5. The van der Waals surface area contributed by atoms with Crippen molar-refractivity contribution in [1.82, 2.24) is 19.7 Å². The molecule has 26 heavy (non-hydrogen) atoms. The molecule has 7 heteroatoms. The van der Waals surface area contributed by atoms with Crippen molar-refractivity contribution in [3.63, 3.8) is 0 Å². The lowest BCUT2D eigenvalue weighted by molar-refractivity contribution is 0.490. The fourth-order valence-electron chi connectivity index (χ4n) is 3.31. The Morgan fingerprint density at radius 3 is 2.73 bits per heavy atom. The van der Waals surface area contributed by atoms with Crippen LogP contribution in [-0.2, 0) is 6.54 Å². The van der Waals surface area contributed by atoms with Gasteiger partial charge < -0.3 is 4.90 Å². The number of rotatable bonds is 4. The molecule has 0 N–H and O–H groups in total. The molecule has 6 nitrogen and oxygen atoms in total. The Labute approximate surface area is 156 Å². The van der Waals surface area contributed by atoms with Crippen LogP contribution in [0.25, 0.3) is 11.3 Å². The quantitative estimate of drug-likeness (QED) is 0.709. The summed E-state index contributed by atoms with van der Waals surface area (Å²) in [5.41, 5.74) is 2.77. The Bertz CT molecular complexity index is 946. The Morgan fingerprint density at radius 1 is 1.19 bits per heavy atom. The van der Waals surface area contributed by atoms with Crippen molar-refractivity contribution >= 4 is 16.5 Å². The summed E-state index contributed by atoms with van der Waals surface area (Å²) in [6.45, 7) is 5.71. The highest BCUT2D eigenvalue weighted by molar-refractivity contribution is 7.15. The van der Waals surface area contributed by atoms with Gasteiger partial charge in [-0.2, -0.15) is 5.10 Å². The van der Waals surface area contributed by atoms with Crippen LogP contribution in [0.4, 0.5) is 5.13 Å². The molecular formula is C19H21N5OS. The van der Waals surface area contributed by atoms with E-state index >= 15 is 0 Å². The normalized spacial score (nSPS) is 17.0. The Kier molecular flexibility index (Phi) is 4.55. The highest BCUT2D eigenvalue weighted by Crippen LogP contribution is 2.31. The van der Waals surface area contributed by atoms with Crippen LogP contribution in [0.5, 0.6) is 0 Å². The van der Waals surface area contributed by atoms with Crippen molar-refractivity contribution < 1.29 is 0 Å². The molecule has 0 amide bonds. The predicted octanol–water partition coefficient (Wildman–Crippen LogP) is 3.05. The van der Waals surface area contributed by atoms with Gasteiger partial charge in [0.25, 0.3) is 5.56 Å². The smallest absolute Gasteiger partial charge is 0.266 e. The molecule has 3 aromatic rings. The summed E-state index contributed by atoms with van der Waals surface area (Å²) in [5, 5.41) is 5.65. The molecule has 1 atom stereocenters. The van der Waals surface area contributed by atoms with Crippen molar-refractivity contribution in [3.05, 3.63) is 57.6 Å². The SMILES string of the molecule is Cc1nc(N2CCCC2Cn2nc(-c3ccncc3)ccc2=O)sc1C. The van der Waals surface area contributed by atoms with Gasteiger partial charge in [0, 0.05) is 35.4 Å². The minimum atomic E-state index is -0.0684. The maximum Gasteiger partial charge on any atom is 0.266 e. The van der Waals surface area contributed by atoms with E-state index in [1.165, 1.54) is 4.88 Å². The largest absolute Gasteiger partial charge is 0.343 e. The second-order valence-corrected chi connectivity index (χ2v) is 7.78. The lowest BCUT2D eigenvalue weighted by atomic mass is 10.2. The maximum atomic E-state index is 12.3. The van der Waals surface area contributed by atoms with E-state index in [0.29, 0.717) is 6.54 Å². The molecular weight excluding hydrogens is 346 g/mol. The van der Waals surface area contributed by atoms with E-state index in [1.807, 2.05) is 19.1 Å². The molecule has 0 spiro atoms. The standard InChI is InChI=1S/C19H21N5OS/c1-13-14(2)26-19(21-13)23-11-3-4-16(23)12-24-18(25)6-5-17(22-24)15-7-9-20-10-8-15/h5-10,16H,3-4,11-12H2,1-2H3. The topological polar surface area (TPSA) is 63.9 Å². The number of pyridine rings is 1. The predicted molar refractivity (Wildman–Crippen MR) is 104 cm³/mol. The van der Waals surface area contributed by atoms with Crippen LogP contribution >= 0.6 is 11.3 Å². The fourth-order valence-corrected chi connectivity index (χ4v) is 4.32. The molecule has 1 aliphatic heterocycles. The number of hydrogen-bond acceptors (Lipinski definition) is 6. The summed E-state index contributed by atoms with van der Waals surface area (Å²) >= 11 is 1.73. The number of anilines is 1. The van der Waals surface area contributed by atoms with Gasteiger partial charge in [0.15, 0.2) is 5.13 Å². The zero-order chi connectivity index (χ0) is 18.1. The molecule has 0 saturated carbocycles.